The normalized spacial score (nSPS) is 26.1. The lowest BCUT2D eigenvalue weighted by atomic mass is 9.78. The van der Waals surface area contributed by atoms with Crippen molar-refractivity contribution in [2.45, 2.75) is 71.6 Å². The standard InChI is InChI=1S/C19H33N2.HI/c1-19(2)15-17(20-10-6-3-4-7-11-20)14-18(16-19)21-12-8-5-9-13-21;/h14H,3-13,15-16H2,1-2H3;1H/q+1;/p-1. The van der Waals surface area contributed by atoms with Crippen LogP contribution in [0.25, 0.3) is 0 Å². The summed E-state index contributed by atoms with van der Waals surface area (Å²) in [6.45, 7) is 10.1. The zero-order chi connectivity index (χ0) is 14.7. The molecule has 126 valence electrons. The van der Waals surface area contributed by atoms with Crippen molar-refractivity contribution in [2.75, 3.05) is 26.2 Å². The van der Waals surface area contributed by atoms with Gasteiger partial charge < -0.3 is 28.9 Å². The predicted octanol–water partition coefficient (Wildman–Crippen LogP) is 1.21. The van der Waals surface area contributed by atoms with Crippen molar-refractivity contribution in [3.05, 3.63) is 11.8 Å². The van der Waals surface area contributed by atoms with Gasteiger partial charge in [0.05, 0.1) is 0 Å². The Balaban J connectivity index is 0.00000176. The molecule has 0 atom stereocenters. The fourth-order valence-electron chi connectivity index (χ4n) is 4.28. The van der Waals surface area contributed by atoms with Gasteiger partial charge in [-0.05, 0) is 31.1 Å². The van der Waals surface area contributed by atoms with E-state index in [1.54, 1.807) is 11.4 Å². The molecule has 0 aromatic rings. The van der Waals surface area contributed by atoms with Crippen molar-refractivity contribution in [2.24, 2.45) is 5.41 Å². The quantitative estimate of drug-likeness (QED) is 0.460. The molecule has 0 unspecified atom stereocenters. The summed E-state index contributed by atoms with van der Waals surface area (Å²) in [4.78, 5) is 2.71. The number of halogens is 1. The molecule has 0 aromatic carbocycles. The first kappa shape index (κ1) is 18.3. The van der Waals surface area contributed by atoms with E-state index in [9.17, 15) is 0 Å². The Hall–Kier alpha value is -0.0600. The highest BCUT2D eigenvalue weighted by Crippen LogP contribution is 2.36. The molecule has 0 amide bonds. The Bertz CT molecular complexity index is 421. The van der Waals surface area contributed by atoms with E-state index < -0.39 is 0 Å². The van der Waals surface area contributed by atoms with E-state index in [1.165, 1.54) is 84.0 Å². The highest BCUT2D eigenvalue weighted by Gasteiger charge is 2.33. The summed E-state index contributed by atoms with van der Waals surface area (Å²) >= 11 is 0. The minimum atomic E-state index is 0. The van der Waals surface area contributed by atoms with E-state index in [-0.39, 0.29) is 24.0 Å². The SMILES string of the molecule is CC1(C)CC(N2CCCCCC2)=CC(=[N+]2CCCCC2)C1.[I-]. The van der Waals surface area contributed by atoms with Crippen molar-refractivity contribution in [3.8, 4) is 0 Å². The van der Waals surface area contributed by atoms with E-state index in [0.717, 1.165) is 0 Å². The lowest BCUT2D eigenvalue weighted by Crippen LogP contribution is -3.00. The van der Waals surface area contributed by atoms with E-state index in [0.29, 0.717) is 5.41 Å². The molecule has 2 nitrogen and oxygen atoms in total. The molecular formula is C19H33IN2. The Morgan fingerprint density at radius 3 is 2.09 bits per heavy atom. The maximum atomic E-state index is 2.71. The second-order valence-electron chi connectivity index (χ2n) is 8.09. The van der Waals surface area contributed by atoms with Crippen molar-refractivity contribution in [3.63, 3.8) is 0 Å². The molecule has 3 heteroatoms. The van der Waals surface area contributed by atoms with E-state index in [1.807, 2.05) is 0 Å². The second-order valence-corrected chi connectivity index (χ2v) is 8.09. The van der Waals surface area contributed by atoms with E-state index >= 15 is 0 Å². The fourth-order valence-corrected chi connectivity index (χ4v) is 4.28. The maximum absolute atomic E-state index is 2.71. The van der Waals surface area contributed by atoms with E-state index in [2.05, 4.69) is 29.4 Å². The van der Waals surface area contributed by atoms with Gasteiger partial charge >= 0.3 is 0 Å². The third-order valence-corrected chi connectivity index (χ3v) is 5.43. The van der Waals surface area contributed by atoms with Crippen LogP contribution in [0.15, 0.2) is 11.8 Å². The maximum Gasteiger partial charge on any atom is 0.178 e. The molecule has 3 aliphatic rings. The molecular weight excluding hydrogens is 383 g/mol. The van der Waals surface area contributed by atoms with Crippen LogP contribution in [0.2, 0.25) is 0 Å². The van der Waals surface area contributed by atoms with Crippen LogP contribution >= 0.6 is 0 Å². The first-order valence-electron chi connectivity index (χ1n) is 9.20. The summed E-state index contributed by atoms with van der Waals surface area (Å²) in [5, 5.41) is 0. The highest BCUT2D eigenvalue weighted by atomic mass is 127. The van der Waals surface area contributed by atoms with Gasteiger partial charge in [-0.3, -0.25) is 0 Å². The van der Waals surface area contributed by atoms with Gasteiger partial charge in [-0.1, -0.05) is 26.7 Å². The molecule has 2 aliphatic heterocycles. The number of piperidine rings is 1. The van der Waals surface area contributed by atoms with Gasteiger partial charge in [-0.25, -0.2) is 4.58 Å². The molecule has 2 fully saturated rings. The van der Waals surface area contributed by atoms with Gasteiger partial charge in [0, 0.05) is 44.1 Å². The third-order valence-electron chi connectivity index (χ3n) is 5.43. The Labute approximate surface area is 154 Å². The minimum absolute atomic E-state index is 0. The molecule has 0 aromatic heterocycles. The molecule has 2 heterocycles. The van der Waals surface area contributed by atoms with Gasteiger partial charge in [-0.2, -0.15) is 0 Å². The molecule has 3 rings (SSSR count). The van der Waals surface area contributed by atoms with Crippen LogP contribution in [0, 0.1) is 5.41 Å². The zero-order valence-electron chi connectivity index (χ0n) is 14.5. The van der Waals surface area contributed by atoms with Crippen molar-refractivity contribution < 1.29 is 28.6 Å². The summed E-state index contributed by atoms with van der Waals surface area (Å²) < 4.78 is 2.68. The topological polar surface area (TPSA) is 6.25 Å². The van der Waals surface area contributed by atoms with E-state index in [4.69, 9.17) is 0 Å². The number of rotatable bonds is 1. The molecule has 0 radical (unpaired) electrons. The fraction of sp³-hybridized carbons (Fsp3) is 0.842. The molecule has 0 N–H and O–H groups in total. The Kier molecular flexibility index (Phi) is 6.78. The van der Waals surface area contributed by atoms with Gasteiger partial charge in [0.25, 0.3) is 0 Å². The van der Waals surface area contributed by atoms with Crippen LogP contribution in [0.3, 0.4) is 0 Å². The summed E-state index contributed by atoms with van der Waals surface area (Å²) in [7, 11) is 0. The van der Waals surface area contributed by atoms with Crippen LogP contribution in [-0.2, 0) is 0 Å². The lowest BCUT2D eigenvalue weighted by molar-refractivity contribution is -0.538. The van der Waals surface area contributed by atoms with Crippen molar-refractivity contribution in [1.82, 2.24) is 4.90 Å². The van der Waals surface area contributed by atoms with Crippen LogP contribution in [0.4, 0.5) is 0 Å². The first-order valence-corrected chi connectivity index (χ1v) is 9.20. The van der Waals surface area contributed by atoms with Gasteiger partial charge in [0.15, 0.2) is 5.71 Å². The first-order chi connectivity index (χ1) is 10.1. The second kappa shape index (κ2) is 8.16. The summed E-state index contributed by atoms with van der Waals surface area (Å²) in [6.07, 6.45) is 14.9. The lowest BCUT2D eigenvalue weighted by Gasteiger charge is -2.36. The predicted molar refractivity (Wildman–Crippen MR) is 90.0 cm³/mol. The van der Waals surface area contributed by atoms with Crippen LogP contribution in [0.1, 0.15) is 71.6 Å². The molecule has 0 spiro atoms. The van der Waals surface area contributed by atoms with Crippen LogP contribution in [-0.4, -0.2) is 41.4 Å². The number of allylic oxidation sites excluding steroid dienone is 2. The summed E-state index contributed by atoms with van der Waals surface area (Å²) in [5.41, 5.74) is 3.70. The molecule has 22 heavy (non-hydrogen) atoms. The van der Waals surface area contributed by atoms with Crippen LogP contribution in [0.5, 0.6) is 0 Å². The van der Waals surface area contributed by atoms with Gasteiger partial charge in [0.1, 0.15) is 13.1 Å². The zero-order valence-corrected chi connectivity index (χ0v) is 16.7. The number of hydrogen-bond donors (Lipinski definition) is 0. The van der Waals surface area contributed by atoms with Crippen molar-refractivity contribution in [1.29, 1.82) is 0 Å². The monoisotopic (exact) mass is 416 g/mol. The third kappa shape index (κ3) is 4.72. The number of likely N-dealkylation sites (tertiary alicyclic amines) is 1. The molecule has 0 saturated carbocycles. The van der Waals surface area contributed by atoms with Gasteiger partial charge in [0.2, 0.25) is 0 Å². The largest absolute Gasteiger partial charge is 1.00 e. The Morgan fingerprint density at radius 1 is 0.864 bits per heavy atom. The van der Waals surface area contributed by atoms with Crippen molar-refractivity contribution >= 4 is 5.71 Å². The highest BCUT2D eigenvalue weighted by molar-refractivity contribution is 5.92. The summed E-state index contributed by atoms with van der Waals surface area (Å²) in [6, 6.07) is 0. The summed E-state index contributed by atoms with van der Waals surface area (Å²) in [5.74, 6) is 0. The average molecular weight is 416 g/mol. The molecule has 0 bridgehead atoms. The minimum Gasteiger partial charge on any atom is -1.00 e. The average Bonchev–Trinajstić information content (AvgIpc) is 2.75. The number of nitrogens with zero attached hydrogens (tertiary/aromatic N) is 2. The van der Waals surface area contributed by atoms with Gasteiger partial charge in [-0.15, -0.1) is 0 Å². The molecule has 1 aliphatic carbocycles. The van der Waals surface area contributed by atoms with Crippen LogP contribution < -0.4 is 24.0 Å². The smallest absolute Gasteiger partial charge is 0.178 e. The molecule has 2 saturated heterocycles. The Morgan fingerprint density at radius 2 is 1.45 bits per heavy atom. The number of hydrogen-bond acceptors (Lipinski definition) is 1.